The molecule has 228 valence electrons. The number of benzene rings is 1. The summed E-state index contributed by atoms with van der Waals surface area (Å²) in [6, 6.07) is 8.46. The van der Waals surface area contributed by atoms with E-state index in [1.807, 2.05) is 26.1 Å². The number of fused-ring (bicyclic) bond motifs is 1. The van der Waals surface area contributed by atoms with E-state index in [2.05, 4.69) is 44.5 Å². The van der Waals surface area contributed by atoms with Crippen molar-refractivity contribution in [3.8, 4) is 0 Å². The van der Waals surface area contributed by atoms with Crippen molar-refractivity contribution in [1.82, 2.24) is 24.7 Å². The first-order chi connectivity index (χ1) is 20.3. The molecule has 2 saturated heterocycles. The highest BCUT2D eigenvalue weighted by Crippen LogP contribution is 2.44. The molecule has 0 bridgehead atoms. The SMILES string of the molecule is CN1CCN(C(=O)c2csc(N3CCN(C(=O)c4ccc5c(n4)C(C)(C)CN5c4ccc(Cl)c(F)c4)C(C)(C)C3)n2)CC1. The first kappa shape index (κ1) is 29.8. The van der Waals surface area contributed by atoms with Crippen molar-refractivity contribution < 1.29 is 14.0 Å². The van der Waals surface area contributed by atoms with E-state index in [0.29, 0.717) is 56.3 Å². The normalized spacial score (nSPS) is 20.0. The summed E-state index contributed by atoms with van der Waals surface area (Å²) in [5.74, 6) is -0.611. The molecule has 0 N–H and O–H groups in total. The molecule has 9 nitrogen and oxygen atoms in total. The van der Waals surface area contributed by atoms with Crippen molar-refractivity contribution in [3.63, 3.8) is 0 Å². The monoisotopic (exact) mass is 625 g/mol. The lowest BCUT2D eigenvalue weighted by Crippen LogP contribution is -2.61. The van der Waals surface area contributed by atoms with Gasteiger partial charge in [-0.25, -0.2) is 14.4 Å². The van der Waals surface area contributed by atoms with Gasteiger partial charge in [-0.05, 0) is 51.2 Å². The fourth-order valence-electron chi connectivity index (χ4n) is 6.24. The molecule has 0 spiro atoms. The topological polar surface area (TPSA) is 76.1 Å². The van der Waals surface area contributed by atoms with Gasteiger partial charge in [-0.3, -0.25) is 9.59 Å². The number of anilines is 3. The molecule has 2 fully saturated rings. The van der Waals surface area contributed by atoms with Gasteiger partial charge in [-0.2, -0.15) is 0 Å². The lowest BCUT2D eigenvalue weighted by molar-refractivity contribution is 0.0508. The third-order valence-electron chi connectivity index (χ3n) is 8.71. The molecule has 12 heteroatoms. The van der Waals surface area contributed by atoms with Gasteiger partial charge in [0.2, 0.25) is 0 Å². The molecule has 0 unspecified atom stereocenters. The van der Waals surface area contributed by atoms with Crippen molar-refractivity contribution in [1.29, 1.82) is 0 Å². The second kappa shape index (κ2) is 11.0. The summed E-state index contributed by atoms with van der Waals surface area (Å²) in [6.45, 7) is 13.7. The maximum Gasteiger partial charge on any atom is 0.273 e. The van der Waals surface area contributed by atoms with Crippen LogP contribution in [-0.2, 0) is 5.41 Å². The zero-order valence-electron chi connectivity index (χ0n) is 25.2. The number of carbonyl (C=O) groups is 2. The van der Waals surface area contributed by atoms with Gasteiger partial charge in [0.1, 0.15) is 17.2 Å². The highest BCUT2D eigenvalue weighted by atomic mass is 35.5. The Morgan fingerprint density at radius 3 is 2.35 bits per heavy atom. The van der Waals surface area contributed by atoms with Crippen LogP contribution in [0.5, 0.6) is 0 Å². The third-order valence-corrected chi connectivity index (χ3v) is 9.92. The molecule has 1 aromatic carbocycles. The maximum atomic E-state index is 14.3. The van der Waals surface area contributed by atoms with Gasteiger partial charge in [-0.15, -0.1) is 11.3 Å². The fraction of sp³-hybridized carbons (Fsp3) is 0.484. The fourth-order valence-corrected chi connectivity index (χ4v) is 7.18. The number of halogens is 2. The van der Waals surface area contributed by atoms with E-state index in [-0.39, 0.29) is 22.3 Å². The molecule has 2 amide bonds. The predicted octanol–water partition coefficient (Wildman–Crippen LogP) is 4.89. The molecule has 43 heavy (non-hydrogen) atoms. The minimum Gasteiger partial charge on any atom is -0.344 e. The molecule has 3 aliphatic heterocycles. The summed E-state index contributed by atoms with van der Waals surface area (Å²) >= 11 is 7.39. The Labute approximate surface area is 260 Å². The molecule has 0 aliphatic carbocycles. The average Bonchev–Trinajstić information content (AvgIpc) is 3.56. The van der Waals surface area contributed by atoms with Gasteiger partial charge in [0.15, 0.2) is 5.13 Å². The number of piperazine rings is 2. The maximum absolute atomic E-state index is 14.3. The smallest absolute Gasteiger partial charge is 0.273 e. The largest absolute Gasteiger partial charge is 0.344 e. The highest BCUT2D eigenvalue weighted by Gasteiger charge is 2.41. The quantitative estimate of drug-likeness (QED) is 0.409. The molecule has 2 aromatic heterocycles. The summed E-state index contributed by atoms with van der Waals surface area (Å²) in [5.41, 5.74) is 2.41. The van der Waals surface area contributed by atoms with E-state index in [1.165, 1.54) is 17.4 Å². The van der Waals surface area contributed by atoms with Gasteiger partial charge >= 0.3 is 0 Å². The zero-order chi connectivity index (χ0) is 30.7. The van der Waals surface area contributed by atoms with E-state index in [9.17, 15) is 14.0 Å². The molecular weight excluding hydrogens is 589 g/mol. The summed E-state index contributed by atoms with van der Waals surface area (Å²) in [6.07, 6.45) is 0. The second-order valence-electron chi connectivity index (χ2n) is 12.9. The average molecular weight is 626 g/mol. The van der Waals surface area contributed by atoms with Crippen LogP contribution < -0.4 is 9.80 Å². The van der Waals surface area contributed by atoms with Crippen LogP contribution in [0.25, 0.3) is 0 Å². The molecule has 3 aliphatic rings. The van der Waals surface area contributed by atoms with Gasteiger partial charge in [0.05, 0.1) is 21.9 Å². The predicted molar refractivity (Wildman–Crippen MR) is 169 cm³/mol. The van der Waals surface area contributed by atoms with Crippen LogP contribution in [0, 0.1) is 5.82 Å². The summed E-state index contributed by atoms with van der Waals surface area (Å²) in [7, 11) is 2.07. The molecule has 0 radical (unpaired) electrons. The van der Waals surface area contributed by atoms with Gasteiger partial charge in [0, 0.05) is 68.8 Å². The third kappa shape index (κ3) is 5.58. The van der Waals surface area contributed by atoms with Crippen molar-refractivity contribution in [2.24, 2.45) is 0 Å². The summed E-state index contributed by atoms with van der Waals surface area (Å²) in [4.78, 5) is 46.7. The van der Waals surface area contributed by atoms with Crippen molar-refractivity contribution >= 4 is 51.3 Å². The Bertz CT molecular complexity index is 1570. The van der Waals surface area contributed by atoms with Gasteiger partial charge < -0.3 is 24.5 Å². The Morgan fingerprint density at radius 2 is 1.65 bits per heavy atom. The van der Waals surface area contributed by atoms with E-state index < -0.39 is 11.4 Å². The van der Waals surface area contributed by atoms with Crippen LogP contribution in [-0.4, -0.2) is 101 Å². The van der Waals surface area contributed by atoms with Crippen LogP contribution in [0.3, 0.4) is 0 Å². The molecule has 3 aromatic rings. The standard InChI is InChI=1S/C31H37ClFN7O2S/c1-30(2)18-39(20-6-7-21(32)22(33)16-20)25-9-8-23(34-26(25)30)28(42)40-15-14-38(19-31(40,3)4)29-35-24(17-43-29)27(41)37-12-10-36(5)11-13-37/h6-9,16-17H,10-15,18-19H2,1-5H3. The summed E-state index contributed by atoms with van der Waals surface area (Å²) < 4.78 is 14.3. The van der Waals surface area contributed by atoms with Gasteiger partial charge in [0.25, 0.3) is 11.8 Å². The van der Waals surface area contributed by atoms with E-state index >= 15 is 0 Å². The Hall–Kier alpha value is -3.28. The van der Waals surface area contributed by atoms with Crippen LogP contribution in [0.4, 0.5) is 20.9 Å². The number of hydrogen-bond donors (Lipinski definition) is 0. The van der Waals surface area contributed by atoms with Crippen molar-refractivity contribution in [3.05, 3.63) is 63.6 Å². The number of carbonyl (C=O) groups excluding carboxylic acids is 2. The Kier molecular flexibility index (Phi) is 7.63. The summed E-state index contributed by atoms with van der Waals surface area (Å²) in [5, 5.41) is 2.73. The van der Waals surface area contributed by atoms with E-state index in [4.69, 9.17) is 21.6 Å². The Balaban J connectivity index is 1.17. The van der Waals surface area contributed by atoms with Crippen molar-refractivity contribution in [2.75, 3.05) is 69.2 Å². The molecule has 0 saturated carbocycles. The van der Waals surface area contributed by atoms with Crippen LogP contribution in [0.2, 0.25) is 5.02 Å². The number of rotatable bonds is 4. The van der Waals surface area contributed by atoms with E-state index in [0.717, 1.165) is 29.6 Å². The minimum absolute atomic E-state index is 0.0194. The number of nitrogens with zero attached hydrogens (tertiary/aromatic N) is 7. The molecular formula is C31H37ClFN7O2S. The first-order valence-corrected chi connectivity index (χ1v) is 15.8. The number of thiazole rings is 1. The molecule has 5 heterocycles. The lowest BCUT2D eigenvalue weighted by Gasteiger charge is -2.47. The Morgan fingerprint density at radius 1 is 0.907 bits per heavy atom. The molecule has 0 atom stereocenters. The van der Waals surface area contributed by atoms with Crippen molar-refractivity contribution in [2.45, 2.75) is 38.6 Å². The zero-order valence-corrected chi connectivity index (χ0v) is 26.8. The minimum atomic E-state index is -0.494. The number of aromatic nitrogens is 2. The van der Waals surface area contributed by atoms with Gasteiger partial charge in [-0.1, -0.05) is 25.4 Å². The van der Waals surface area contributed by atoms with E-state index in [1.54, 1.807) is 18.2 Å². The second-order valence-corrected chi connectivity index (χ2v) is 14.2. The number of amides is 2. The first-order valence-electron chi connectivity index (χ1n) is 14.6. The van der Waals surface area contributed by atoms with Crippen LogP contribution in [0.1, 0.15) is 54.4 Å². The highest BCUT2D eigenvalue weighted by molar-refractivity contribution is 7.13. The number of pyridine rings is 1. The van der Waals surface area contributed by atoms with Crippen LogP contribution >= 0.6 is 22.9 Å². The molecule has 6 rings (SSSR count). The number of likely N-dealkylation sites (N-methyl/N-ethyl adjacent to an activating group) is 1. The van der Waals surface area contributed by atoms with Crippen LogP contribution in [0.15, 0.2) is 35.7 Å². The number of hydrogen-bond acceptors (Lipinski definition) is 8. The lowest BCUT2D eigenvalue weighted by atomic mass is 9.91.